The van der Waals surface area contributed by atoms with E-state index in [-0.39, 0.29) is 0 Å². The minimum atomic E-state index is 1.01. The van der Waals surface area contributed by atoms with Crippen molar-refractivity contribution in [2.24, 2.45) is 0 Å². The van der Waals surface area contributed by atoms with Gasteiger partial charge in [-0.25, -0.2) is 0 Å². The van der Waals surface area contributed by atoms with Crippen molar-refractivity contribution in [1.82, 2.24) is 0 Å². The standard InChI is InChI=1S/C16H24O.C3H8/c1-6-8-9-10-15-13(4)12(3)11-16(17-5)14(15)7-2;1-3-2/h9-11H,6-8H2,1-5H3;3H2,1-2H3/b10-9-;. The Morgan fingerprint density at radius 1 is 1.10 bits per heavy atom. The zero-order chi connectivity index (χ0) is 15.5. The van der Waals surface area contributed by atoms with Gasteiger partial charge in [0.1, 0.15) is 5.75 Å². The van der Waals surface area contributed by atoms with E-state index in [1.54, 1.807) is 7.11 Å². The van der Waals surface area contributed by atoms with E-state index in [0.717, 1.165) is 18.6 Å². The van der Waals surface area contributed by atoms with Gasteiger partial charge in [-0.05, 0) is 49.4 Å². The molecule has 0 N–H and O–H groups in total. The maximum Gasteiger partial charge on any atom is 0.122 e. The summed E-state index contributed by atoms with van der Waals surface area (Å²) in [6, 6.07) is 2.14. The van der Waals surface area contributed by atoms with Crippen molar-refractivity contribution in [3.63, 3.8) is 0 Å². The maximum absolute atomic E-state index is 5.49. The molecule has 114 valence electrons. The smallest absolute Gasteiger partial charge is 0.122 e. The minimum absolute atomic E-state index is 1.01. The van der Waals surface area contributed by atoms with E-state index in [2.05, 4.69) is 59.8 Å². The van der Waals surface area contributed by atoms with E-state index in [1.807, 2.05) is 0 Å². The molecule has 1 heteroatoms. The van der Waals surface area contributed by atoms with E-state index in [9.17, 15) is 0 Å². The molecule has 1 aromatic carbocycles. The van der Waals surface area contributed by atoms with Crippen LogP contribution in [0.1, 0.15) is 69.2 Å². The van der Waals surface area contributed by atoms with Gasteiger partial charge in [-0.15, -0.1) is 0 Å². The summed E-state index contributed by atoms with van der Waals surface area (Å²) in [6.45, 7) is 13.0. The van der Waals surface area contributed by atoms with Gasteiger partial charge < -0.3 is 4.74 Å². The summed E-state index contributed by atoms with van der Waals surface area (Å²) in [6.07, 6.45) is 9.11. The van der Waals surface area contributed by atoms with Crippen molar-refractivity contribution in [3.05, 3.63) is 34.4 Å². The van der Waals surface area contributed by atoms with E-state index in [1.165, 1.54) is 35.1 Å². The molecule has 0 bridgehead atoms. The second kappa shape index (κ2) is 10.5. The van der Waals surface area contributed by atoms with Crippen LogP contribution in [0, 0.1) is 13.8 Å². The van der Waals surface area contributed by atoms with Crippen LogP contribution < -0.4 is 4.74 Å². The summed E-state index contributed by atoms with van der Waals surface area (Å²) in [5.41, 5.74) is 5.34. The summed E-state index contributed by atoms with van der Waals surface area (Å²) in [4.78, 5) is 0. The van der Waals surface area contributed by atoms with Crippen LogP contribution in [0.4, 0.5) is 0 Å². The molecule has 0 saturated carbocycles. The summed E-state index contributed by atoms with van der Waals surface area (Å²) < 4.78 is 5.49. The fourth-order valence-electron chi connectivity index (χ4n) is 2.10. The quantitative estimate of drug-likeness (QED) is 0.631. The molecule has 1 aromatic rings. The third kappa shape index (κ3) is 5.40. The molecule has 0 saturated heterocycles. The maximum atomic E-state index is 5.49. The predicted molar refractivity (Wildman–Crippen MR) is 91.8 cm³/mol. The molecule has 0 aliphatic rings. The Kier molecular flexibility index (Phi) is 9.88. The van der Waals surface area contributed by atoms with Crippen LogP contribution >= 0.6 is 0 Å². The van der Waals surface area contributed by atoms with E-state index < -0.39 is 0 Å². The molecular weight excluding hydrogens is 244 g/mol. The first-order valence-corrected chi connectivity index (χ1v) is 7.90. The first-order valence-electron chi connectivity index (χ1n) is 7.90. The van der Waals surface area contributed by atoms with Crippen LogP contribution in [0.15, 0.2) is 12.1 Å². The molecule has 0 radical (unpaired) electrons. The number of aryl methyl sites for hydroxylation is 1. The number of methoxy groups -OCH3 is 1. The summed E-state index contributed by atoms with van der Waals surface area (Å²) in [5, 5.41) is 0. The molecule has 0 aliphatic carbocycles. The number of benzene rings is 1. The second-order valence-corrected chi connectivity index (χ2v) is 5.16. The van der Waals surface area contributed by atoms with Crippen molar-refractivity contribution in [1.29, 1.82) is 0 Å². The molecule has 0 amide bonds. The Morgan fingerprint density at radius 2 is 1.70 bits per heavy atom. The number of allylic oxidation sites excluding steroid dienone is 1. The van der Waals surface area contributed by atoms with Crippen LogP contribution in [0.2, 0.25) is 0 Å². The van der Waals surface area contributed by atoms with Gasteiger partial charge in [0.05, 0.1) is 7.11 Å². The molecule has 0 unspecified atom stereocenters. The first-order chi connectivity index (χ1) is 9.56. The van der Waals surface area contributed by atoms with Gasteiger partial charge in [-0.3, -0.25) is 0 Å². The highest BCUT2D eigenvalue weighted by molar-refractivity contribution is 5.63. The van der Waals surface area contributed by atoms with Crippen LogP contribution in [0.25, 0.3) is 6.08 Å². The molecule has 0 spiro atoms. The minimum Gasteiger partial charge on any atom is -0.496 e. The fourth-order valence-corrected chi connectivity index (χ4v) is 2.10. The molecule has 0 aromatic heterocycles. The topological polar surface area (TPSA) is 9.23 Å². The SMILES string of the molecule is CCC.CCC/C=C\c1c(C)c(C)cc(OC)c1CC. The predicted octanol–water partition coefficient (Wildman–Crippen LogP) is 6.10. The number of rotatable bonds is 5. The van der Waals surface area contributed by atoms with Gasteiger partial charge in [0, 0.05) is 5.56 Å². The Hall–Kier alpha value is -1.24. The average Bonchev–Trinajstić information content (AvgIpc) is 2.44. The van der Waals surface area contributed by atoms with E-state index >= 15 is 0 Å². The zero-order valence-corrected chi connectivity index (χ0v) is 14.5. The van der Waals surface area contributed by atoms with Crippen molar-refractivity contribution in [3.8, 4) is 5.75 Å². The second-order valence-electron chi connectivity index (χ2n) is 5.16. The van der Waals surface area contributed by atoms with E-state index in [0.29, 0.717) is 0 Å². The lowest BCUT2D eigenvalue weighted by atomic mass is 9.94. The number of hydrogen-bond acceptors (Lipinski definition) is 1. The van der Waals surface area contributed by atoms with Crippen LogP contribution in [-0.4, -0.2) is 7.11 Å². The Bertz CT molecular complexity index is 416. The number of ether oxygens (including phenoxy) is 1. The molecule has 1 nitrogen and oxygen atoms in total. The van der Waals surface area contributed by atoms with Gasteiger partial charge in [0.25, 0.3) is 0 Å². The summed E-state index contributed by atoms with van der Waals surface area (Å²) in [7, 11) is 1.75. The molecule has 0 fully saturated rings. The monoisotopic (exact) mass is 276 g/mol. The first kappa shape index (κ1) is 18.8. The van der Waals surface area contributed by atoms with Crippen molar-refractivity contribution < 1.29 is 4.74 Å². The third-order valence-corrected chi connectivity index (χ3v) is 3.28. The highest BCUT2D eigenvalue weighted by Gasteiger charge is 2.10. The van der Waals surface area contributed by atoms with Crippen LogP contribution in [0.3, 0.4) is 0 Å². The average molecular weight is 276 g/mol. The summed E-state index contributed by atoms with van der Waals surface area (Å²) in [5.74, 6) is 1.02. The lowest BCUT2D eigenvalue weighted by Gasteiger charge is -2.15. The molecule has 0 atom stereocenters. The third-order valence-electron chi connectivity index (χ3n) is 3.28. The number of hydrogen-bond donors (Lipinski definition) is 0. The fraction of sp³-hybridized carbons (Fsp3) is 0.579. The molecule has 0 aliphatic heterocycles. The largest absolute Gasteiger partial charge is 0.496 e. The van der Waals surface area contributed by atoms with Gasteiger partial charge >= 0.3 is 0 Å². The molecule has 20 heavy (non-hydrogen) atoms. The lowest BCUT2D eigenvalue weighted by molar-refractivity contribution is 0.409. The van der Waals surface area contributed by atoms with Crippen LogP contribution in [-0.2, 0) is 6.42 Å². The molecule has 1 rings (SSSR count). The van der Waals surface area contributed by atoms with Gasteiger partial charge in [0.2, 0.25) is 0 Å². The normalized spacial score (nSPS) is 10.3. The van der Waals surface area contributed by atoms with Crippen molar-refractivity contribution in [2.75, 3.05) is 7.11 Å². The van der Waals surface area contributed by atoms with Crippen molar-refractivity contribution >= 4 is 6.08 Å². The lowest BCUT2D eigenvalue weighted by Crippen LogP contribution is -1.98. The molecule has 0 heterocycles. The molecular formula is C19H32O. The highest BCUT2D eigenvalue weighted by atomic mass is 16.5. The number of unbranched alkanes of at least 4 members (excludes halogenated alkanes) is 1. The van der Waals surface area contributed by atoms with Crippen LogP contribution in [0.5, 0.6) is 5.75 Å². The van der Waals surface area contributed by atoms with Crippen molar-refractivity contribution in [2.45, 2.75) is 67.2 Å². The summed E-state index contributed by atoms with van der Waals surface area (Å²) >= 11 is 0. The van der Waals surface area contributed by atoms with Gasteiger partial charge in [0.15, 0.2) is 0 Å². The Labute approximate surface area is 126 Å². The Morgan fingerprint density at radius 3 is 2.15 bits per heavy atom. The van der Waals surface area contributed by atoms with Gasteiger partial charge in [-0.2, -0.15) is 0 Å². The zero-order valence-electron chi connectivity index (χ0n) is 14.5. The van der Waals surface area contributed by atoms with Gasteiger partial charge in [-0.1, -0.05) is 52.7 Å². The Balaban J connectivity index is 0.00000110. The van der Waals surface area contributed by atoms with E-state index in [4.69, 9.17) is 4.74 Å². The highest BCUT2D eigenvalue weighted by Crippen LogP contribution is 2.30.